The lowest BCUT2D eigenvalue weighted by molar-refractivity contribution is -0.141. The molecule has 0 radical (unpaired) electrons. The van der Waals surface area contributed by atoms with Crippen molar-refractivity contribution in [2.75, 3.05) is 20.7 Å². The van der Waals surface area contributed by atoms with Gasteiger partial charge < -0.3 is 9.84 Å². The van der Waals surface area contributed by atoms with Gasteiger partial charge >= 0.3 is 5.97 Å². The Bertz CT molecular complexity index is 435. The molecule has 104 valence electrons. The standard InChI is InChI=1S/C14H19NO3S/c1-15-8-12(7-13(15)14(16)17)19-9-10-3-5-11(18-2)6-4-10/h3-6,12-13H,7-9H2,1-2H3,(H,16,17). The number of thioether (sulfide) groups is 1. The second kappa shape index (κ2) is 6.30. The number of ether oxygens (including phenoxy) is 1. The smallest absolute Gasteiger partial charge is 0.320 e. The molecule has 2 rings (SSSR count). The summed E-state index contributed by atoms with van der Waals surface area (Å²) in [7, 11) is 3.54. The number of methoxy groups -OCH3 is 1. The van der Waals surface area contributed by atoms with Crippen molar-refractivity contribution in [3.63, 3.8) is 0 Å². The number of carboxylic acid groups (broad SMARTS) is 1. The Morgan fingerprint density at radius 2 is 2.16 bits per heavy atom. The van der Waals surface area contributed by atoms with Crippen LogP contribution in [0.25, 0.3) is 0 Å². The summed E-state index contributed by atoms with van der Waals surface area (Å²) < 4.78 is 5.12. The van der Waals surface area contributed by atoms with Crippen molar-refractivity contribution in [3.8, 4) is 5.75 Å². The topological polar surface area (TPSA) is 49.8 Å². The first-order valence-corrected chi connectivity index (χ1v) is 7.32. The van der Waals surface area contributed by atoms with Crippen LogP contribution < -0.4 is 4.74 Å². The summed E-state index contributed by atoms with van der Waals surface area (Å²) in [5.41, 5.74) is 1.24. The van der Waals surface area contributed by atoms with E-state index >= 15 is 0 Å². The lowest BCUT2D eigenvalue weighted by Gasteiger charge is -2.13. The summed E-state index contributed by atoms with van der Waals surface area (Å²) in [5.74, 6) is 1.06. The Balaban J connectivity index is 1.84. The minimum absolute atomic E-state index is 0.326. The predicted molar refractivity (Wildman–Crippen MR) is 76.7 cm³/mol. The third kappa shape index (κ3) is 3.64. The van der Waals surface area contributed by atoms with Crippen LogP contribution in [-0.2, 0) is 10.5 Å². The molecule has 1 N–H and O–H groups in total. The van der Waals surface area contributed by atoms with Crippen LogP contribution in [-0.4, -0.2) is 48.0 Å². The fraction of sp³-hybridized carbons (Fsp3) is 0.500. The van der Waals surface area contributed by atoms with Crippen molar-refractivity contribution in [2.24, 2.45) is 0 Å². The lowest BCUT2D eigenvalue weighted by atomic mass is 10.2. The van der Waals surface area contributed by atoms with Gasteiger partial charge in [0.1, 0.15) is 11.8 Å². The molecule has 1 aromatic rings. The summed E-state index contributed by atoms with van der Waals surface area (Å²) in [6.07, 6.45) is 0.729. The molecule has 1 aliphatic rings. The van der Waals surface area contributed by atoms with E-state index < -0.39 is 5.97 Å². The van der Waals surface area contributed by atoms with Gasteiger partial charge in [0.25, 0.3) is 0 Å². The van der Waals surface area contributed by atoms with Crippen molar-refractivity contribution in [1.29, 1.82) is 0 Å². The Kier molecular flexibility index (Phi) is 4.71. The number of carboxylic acids is 1. The van der Waals surface area contributed by atoms with Gasteiger partial charge in [-0.2, -0.15) is 11.8 Å². The van der Waals surface area contributed by atoms with Crippen molar-refractivity contribution < 1.29 is 14.6 Å². The molecule has 0 aliphatic carbocycles. The summed E-state index contributed by atoms with van der Waals surface area (Å²) in [6.45, 7) is 0.845. The maximum atomic E-state index is 11.0. The number of hydrogen-bond donors (Lipinski definition) is 1. The van der Waals surface area contributed by atoms with Crippen LogP contribution in [0.5, 0.6) is 5.75 Å². The quantitative estimate of drug-likeness (QED) is 0.895. The van der Waals surface area contributed by atoms with Gasteiger partial charge in [0.15, 0.2) is 0 Å². The largest absolute Gasteiger partial charge is 0.497 e. The zero-order valence-electron chi connectivity index (χ0n) is 11.2. The van der Waals surface area contributed by atoms with Gasteiger partial charge in [-0.05, 0) is 31.2 Å². The molecule has 1 aliphatic heterocycles. The van der Waals surface area contributed by atoms with Gasteiger partial charge in [0, 0.05) is 17.5 Å². The molecule has 2 atom stereocenters. The maximum absolute atomic E-state index is 11.0. The van der Waals surface area contributed by atoms with Crippen molar-refractivity contribution >= 4 is 17.7 Å². The van der Waals surface area contributed by atoms with E-state index in [4.69, 9.17) is 9.84 Å². The number of hydrogen-bond acceptors (Lipinski definition) is 4. The van der Waals surface area contributed by atoms with Gasteiger partial charge in [-0.25, -0.2) is 0 Å². The van der Waals surface area contributed by atoms with Crippen LogP contribution in [0.4, 0.5) is 0 Å². The third-order valence-electron chi connectivity index (χ3n) is 3.44. The van der Waals surface area contributed by atoms with Gasteiger partial charge in [0.05, 0.1) is 7.11 Å². The van der Waals surface area contributed by atoms with Crippen molar-refractivity contribution in [1.82, 2.24) is 4.90 Å². The van der Waals surface area contributed by atoms with E-state index in [1.807, 2.05) is 35.8 Å². The SMILES string of the molecule is COc1ccc(CSC2CC(C(=O)O)N(C)C2)cc1. The van der Waals surface area contributed by atoms with E-state index in [9.17, 15) is 4.79 Å². The highest BCUT2D eigenvalue weighted by atomic mass is 32.2. The Labute approximate surface area is 117 Å². The number of likely N-dealkylation sites (N-methyl/N-ethyl adjacent to an activating group) is 1. The molecule has 1 fully saturated rings. The van der Waals surface area contributed by atoms with Crippen LogP contribution in [0.3, 0.4) is 0 Å². The van der Waals surface area contributed by atoms with Gasteiger partial charge in [-0.1, -0.05) is 12.1 Å². The molecular weight excluding hydrogens is 262 g/mol. The molecule has 1 heterocycles. The second-order valence-corrected chi connectivity index (χ2v) is 6.10. The van der Waals surface area contributed by atoms with E-state index in [1.54, 1.807) is 7.11 Å². The minimum Gasteiger partial charge on any atom is -0.497 e. The highest BCUT2D eigenvalue weighted by molar-refractivity contribution is 7.99. The average molecular weight is 281 g/mol. The van der Waals surface area contributed by atoms with E-state index in [0.29, 0.717) is 5.25 Å². The first-order chi connectivity index (χ1) is 9.10. The van der Waals surface area contributed by atoms with E-state index in [0.717, 1.165) is 24.5 Å². The van der Waals surface area contributed by atoms with Crippen LogP contribution in [0, 0.1) is 0 Å². The molecule has 0 bridgehead atoms. The maximum Gasteiger partial charge on any atom is 0.320 e. The molecule has 5 heteroatoms. The molecule has 0 amide bonds. The molecule has 19 heavy (non-hydrogen) atoms. The summed E-state index contributed by atoms with van der Waals surface area (Å²) in [5, 5.41) is 9.48. The highest BCUT2D eigenvalue weighted by Gasteiger charge is 2.34. The fourth-order valence-electron chi connectivity index (χ4n) is 2.30. The zero-order valence-corrected chi connectivity index (χ0v) is 12.0. The molecule has 0 aromatic heterocycles. The molecular formula is C14H19NO3S. The number of likely N-dealkylation sites (tertiary alicyclic amines) is 1. The Morgan fingerprint density at radius 3 is 2.68 bits per heavy atom. The van der Waals surface area contributed by atoms with Gasteiger partial charge in [-0.15, -0.1) is 0 Å². The molecule has 0 saturated carbocycles. The normalized spacial score (nSPS) is 23.5. The van der Waals surface area contributed by atoms with Gasteiger partial charge in [0.2, 0.25) is 0 Å². The van der Waals surface area contributed by atoms with Crippen LogP contribution in [0.2, 0.25) is 0 Å². The third-order valence-corrected chi connectivity index (χ3v) is 4.75. The minimum atomic E-state index is -0.713. The molecule has 1 saturated heterocycles. The number of nitrogens with zero attached hydrogens (tertiary/aromatic N) is 1. The first kappa shape index (κ1) is 14.2. The van der Waals surface area contributed by atoms with E-state index in [2.05, 4.69) is 12.1 Å². The first-order valence-electron chi connectivity index (χ1n) is 6.27. The number of carbonyl (C=O) groups is 1. The summed E-state index contributed by atoms with van der Waals surface area (Å²) >= 11 is 1.83. The van der Waals surface area contributed by atoms with Crippen molar-refractivity contribution in [2.45, 2.75) is 23.5 Å². The van der Waals surface area contributed by atoms with E-state index in [1.165, 1.54) is 5.56 Å². The van der Waals surface area contributed by atoms with Crippen LogP contribution in [0.15, 0.2) is 24.3 Å². The summed E-state index contributed by atoms with van der Waals surface area (Å²) in [4.78, 5) is 13.0. The number of aliphatic carboxylic acids is 1. The lowest BCUT2D eigenvalue weighted by Crippen LogP contribution is -2.32. The monoisotopic (exact) mass is 281 g/mol. The molecule has 2 unspecified atom stereocenters. The van der Waals surface area contributed by atoms with Crippen LogP contribution >= 0.6 is 11.8 Å². The predicted octanol–water partition coefficient (Wildman–Crippen LogP) is 2.09. The van der Waals surface area contributed by atoms with Crippen molar-refractivity contribution in [3.05, 3.63) is 29.8 Å². The molecule has 4 nitrogen and oxygen atoms in total. The Morgan fingerprint density at radius 1 is 1.47 bits per heavy atom. The van der Waals surface area contributed by atoms with Crippen LogP contribution in [0.1, 0.15) is 12.0 Å². The fourth-order valence-corrected chi connectivity index (χ4v) is 3.58. The van der Waals surface area contributed by atoms with E-state index in [-0.39, 0.29) is 6.04 Å². The average Bonchev–Trinajstić information content (AvgIpc) is 2.78. The Hall–Kier alpha value is -1.20. The highest BCUT2D eigenvalue weighted by Crippen LogP contribution is 2.29. The molecule has 0 spiro atoms. The summed E-state index contributed by atoms with van der Waals surface area (Å²) in [6, 6.07) is 7.69. The van der Waals surface area contributed by atoms with Gasteiger partial charge in [-0.3, -0.25) is 9.69 Å². The zero-order chi connectivity index (χ0) is 13.8. The number of benzene rings is 1. The molecule has 1 aromatic carbocycles. The number of rotatable bonds is 5. The second-order valence-electron chi connectivity index (χ2n) is 4.81.